The van der Waals surface area contributed by atoms with E-state index in [0.29, 0.717) is 5.01 Å². The number of hydrogen-bond acceptors (Lipinski definition) is 6. The van der Waals surface area contributed by atoms with Gasteiger partial charge in [-0.25, -0.2) is 23.4 Å². The number of carbonyl (C=O) groups is 2. The van der Waals surface area contributed by atoms with E-state index < -0.39 is 29.1 Å². The second-order valence-electron chi connectivity index (χ2n) is 8.64. The smallest absolute Gasteiger partial charge is 0.350 e. The third-order valence-electron chi connectivity index (χ3n) is 4.64. The van der Waals surface area contributed by atoms with E-state index in [9.17, 15) is 23.6 Å². The van der Waals surface area contributed by atoms with Crippen molar-refractivity contribution in [1.29, 1.82) is 5.26 Å². The van der Waals surface area contributed by atoms with Crippen LogP contribution in [0.1, 0.15) is 26.6 Å². The number of nitrogens with zero attached hydrogens (tertiary/aromatic N) is 6. The van der Waals surface area contributed by atoms with Crippen LogP contribution in [0.5, 0.6) is 0 Å². The Balaban J connectivity index is 2.23. The first kappa shape index (κ1) is 25.0. The Morgan fingerprint density at radius 1 is 1.00 bits per heavy atom. The summed E-state index contributed by atoms with van der Waals surface area (Å²) in [5, 5.41) is 10.9. The number of carbonyl (C=O) groups excluding carboxylic acids is 2. The zero-order chi connectivity index (χ0) is 25.8. The van der Waals surface area contributed by atoms with Crippen LogP contribution in [0.15, 0.2) is 60.8 Å². The van der Waals surface area contributed by atoms with E-state index in [2.05, 4.69) is 9.97 Å². The molecule has 0 fully saturated rings. The molecule has 0 atom stereocenters. The summed E-state index contributed by atoms with van der Waals surface area (Å²) < 4.78 is 29.7. The molecule has 2 N–H and O–H groups in total. The topological polar surface area (TPSA) is 119 Å². The third kappa shape index (κ3) is 5.67. The fourth-order valence-electron chi connectivity index (χ4n) is 3.26. The van der Waals surface area contributed by atoms with Gasteiger partial charge >= 0.3 is 12.1 Å². The van der Waals surface area contributed by atoms with E-state index in [4.69, 9.17) is 5.73 Å². The lowest BCUT2D eigenvalue weighted by Gasteiger charge is -2.39. The van der Waals surface area contributed by atoms with Gasteiger partial charge in [-0.3, -0.25) is 9.91 Å². The van der Waals surface area contributed by atoms with Crippen LogP contribution in [-0.2, 0) is 0 Å². The molecule has 1 aromatic heterocycles. The predicted octanol–water partition coefficient (Wildman–Crippen LogP) is 4.73. The van der Waals surface area contributed by atoms with Crippen molar-refractivity contribution in [2.45, 2.75) is 20.8 Å². The van der Waals surface area contributed by atoms with Crippen LogP contribution < -0.4 is 15.6 Å². The summed E-state index contributed by atoms with van der Waals surface area (Å²) in [5.74, 6) is -1.85. The van der Waals surface area contributed by atoms with Gasteiger partial charge in [0.1, 0.15) is 17.7 Å². The van der Waals surface area contributed by atoms with Crippen molar-refractivity contribution in [1.82, 2.24) is 15.0 Å². The molecule has 0 radical (unpaired) electrons. The lowest BCUT2D eigenvalue weighted by atomic mass is 9.96. The highest BCUT2D eigenvalue weighted by Crippen LogP contribution is 2.32. The Hall–Kier alpha value is -4.59. The van der Waals surface area contributed by atoms with Gasteiger partial charge in [-0.05, 0) is 29.7 Å². The number of nitrogens with two attached hydrogens (primary N) is 1. The number of para-hydroxylation sites is 2. The van der Waals surface area contributed by atoms with Crippen molar-refractivity contribution >= 4 is 29.3 Å². The van der Waals surface area contributed by atoms with Gasteiger partial charge < -0.3 is 5.73 Å². The molecule has 2 aromatic carbocycles. The van der Waals surface area contributed by atoms with Crippen LogP contribution in [0.2, 0.25) is 0 Å². The molecule has 0 aliphatic carbocycles. The van der Waals surface area contributed by atoms with E-state index in [1.165, 1.54) is 48.7 Å². The molecule has 1 heterocycles. The largest absolute Gasteiger partial charge is 0.356 e. The molecule has 11 heteroatoms. The molecule has 0 bridgehead atoms. The highest BCUT2D eigenvalue weighted by Gasteiger charge is 2.37. The number of hydrazine groups is 1. The predicted molar refractivity (Wildman–Crippen MR) is 125 cm³/mol. The zero-order valence-corrected chi connectivity index (χ0v) is 19.3. The summed E-state index contributed by atoms with van der Waals surface area (Å²) in [6, 6.07) is 11.3. The molecule has 35 heavy (non-hydrogen) atoms. The molecule has 0 unspecified atom stereocenters. The normalized spacial score (nSPS) is 10.9. The van der Waals surface area contributed by atoms with Gasteiger partial charge in [-0.1, -0.05) is 45.0 Å². The van der Waals surface area contributed by atoms with Crippen molar-refractivity contribution < 1.29 is 18.4 Å². The van der Waals surface area contributed by atoms with Gasteiger partial charge in [0.25, 0.3) is 0 Å². The van der Waals surface area contributed by atoms with Gasteiger partial charge in [0, 0.05) is 18.8 Å². The van der Waals surface area contributed by atoms with Crippen molar-refractivity contribution in [2.75, 3.05) is 16.5 Å². The van der Waals surface area contributed by atoms with Crippen molar-refractivity contribution in [3.05, 3.63) is 78.3 Å². The number of aromatic nitrogens is 2. The van der Waals surface area contributed by atoms with Gasteiger partial charge in [0.15, 0.2) is 5.82 Å². The van der Waals surface area contributed by atoms with Gasteiger partial charge in [0.2, 0.25) is 5.82 Å². The van der Waals surface area contributed by atoms with Crippen LogP contribution in [0, 0.1) is 28.4 Å². The number of imide groups is 1. The quantitative estimate of drug-likeness (QED) is 0.528. The summed E-state index contributed by atoms with van der Waals surface area (Å²) in [6.07, 6.45) is 1.28. The molecule has 180 valence electrons. The number of benzene rings is 2. The first-order valence-electron chi connectivity index (χ1n) is 10.5. The summed E-state index contributed by atoms with van der Waals surface area (Å²) in [5.41, 5.74) is 4.51. The van der Waals surface area contributed by atoms with E-state index >= 15 is 0 Å². The molecule has 4 amide bonds. The fourth-order valence-corrected chi connectivity index (χ4v) is 3.26. The lowest BCUT2D eigenvalue weighted by molar-refractivity contribution is 0.186. The number of amides is 4. The molecule has 0 saturated heterocycles. The molecular formula is C24H23F2N7O2. The van der Waals surface area contributed by atoms with Crippen molar-refractivity contribution in [3.63, 3.8) is 0 Å². The average Bonchev–Trinajstić information content (AvgIpc) is 2.80. The minimum atomic E-state index is -1.23. The Morgan fingerprint density at radius 2 is 1.54 bits per heavy atom. The second-order valence-corrected chi connectivity index (χ2v) is 8.64. The first-order chi connectivity index (χ1) is 16.5. The number of nitriles is 1. The second kappa shape index (κ2) is 10.1. The maximum absolute atomic E-state index is 14.9. The molecule has 0 aliphatic rings. The lowest BCUT2D eigenvalue weighted by Crippen LogP contribution is -2.58. The van der Waals surface area contributed by atoms with E-state index in [1.807, 2.05) is 20.8 Å². The molecule has 0 spiro atoms. The number of hydrogen-bond donors (Lipinski definition) is 1. The maximum Gasteiger partial charge on any atom is 0.356 e. The molecule has 0 saturated carbocycles. The average molecular weight is 479 g/mol. The monoisotopic (exact) mass is 479 g/mol. The Bertz CT molecular complexity index is 1240. The molecule has 0 aliphatic heterocycles. The van der Waals surface area contributed by atoms with Crippen molar-refractivity contribution in [3.8, 4) is 6.07 Å². The van der Waals surface area contributed by atoms with E-state index in [0.717, 1.165) is 22.0 Å². The highest BCUT2D eigenvalue weighted by molar-refractivity contribution is 6.07. The fraction of sp³-hybridized carbons (Fsp3) is 0.208. The number of primary amides is 1. The van der Waals surface area contributed by atoms with Crippen LogP contribution >= 0.6 is 0 Å². The number of anilines is 3. The van der Waals surface area contributed by atoms with Crippen LogP contribution in [0.4, 0.5) is 35.6 Å². The molecule has 3 rings (SSSR count). The van der Waals surface area contributed by atoms with Crippen LogP contribution in [0.3, 0.4) is 0 Å². The molecule has 9 nitrogen and oxygen atoms in total. The minimum absolute atomic E-state index is 0.0145. The minimum Gasteiger partial charge on any atom is -0.350 e. The van der Waals surface area contributed by atoms with Gasteiger partial charge in [-0.15, -0.1) is 5.01 Å². The first-order valence-corrected chi connectivity index (χ1v) is 10.5. The Labute approximate surface area is 201 Å². The Morgan fingerprint density at radius 3 is 2.00 bits per heavy atom. The molecule has 3 aromatic rings. The SMILES string of the molecule is CC(C)(C)CN(c1ccnc(C#N)n1)N(C(N)=O)C(=O)N(c1ccccc1F)c1ccccc1F. The summed E-state index contributed by atoms with van der Waals surface area (Å²) >= 11 is 0. The summed E-state index contributed by atoms with van der Waals surface area (Å²) in [4.78, 5) is 35.2. The van der Waals surface area contributed by atoms with Gasteiger partial charge in [-0.2, -0.15) is 10.2 Å². The van der Waals surface area contributed by atoms with Crippen LogP contribution in [0.25, 0.3) is 0 Å². The standard InChI is InChI=1S/C24H23F2N7O2/c1-24(2,3)15-31(21-12-13-29-20(14-27)30-21)33(22(28)34)23(35)32(18-10-6-4-8-16(18)25)19-11-7-5-9-17(19)26/h4-13H,15H2,1-3H3,(H2,28,34). The summed E-state index contributed by atoms with van der Waals surface area (Å²) in [6.45, 7) is 5.52. The number of halogens is 2. The van der Waals surface area contributed by atoms with Gasteiger partial charge in [0.05, 0.1) is 11.4 Å². The maximum atomic E-state index is 14.9. The van der Waals surface area contributed by atoms with E-state index in [1.54, 1.807) is 6.07 Å². The molecular weight excluding hydrogens is 456 g/mol. The van der Waals surface area contributed by atoms with E-state index in [-0.39, 0.29) is 29.6 Å². The third-order valence-corrected chi connectivity index (χ3v) is 4.64. The van der Waals surface area contributed by atoms with Crippen LogP contribution in [-0.4, -0.2) is 33.6 Å². The number of rotatable bonds is 5. The zero-order valence-electron chi connectivity index (χ0n) is 19.3. The number of urea groups is 2. The highest BCUT2D eigenvalue weighted by atomic mass is 19.1. The van der Waals surface area contributed by atoms with Crippen molar-refractivity contribution in [2.24, 2.45) is 11.1 Å². The Kier molecular flexibility index (Phi) is 7.25. The summed E-state index contributed by atoms with van der Waals surface area (Å²) in [7, 11) is 0.